The number of aliphatic hydroxyl groups is 2. The maximum absolute atomic E-state index is 13.1. The smallest absolute Gasteiger partial charge is 0.334 e. The van der Waals surface area contributed by atoms with E-state index in [1.807, 2.05) is 26.8 Å². The molecule has 0 radical (unpaired) electrons. The lowest BCUT2D eigenvalue weighted by atomic mass is 9.57. The number of hydrogen-bond acceptors (Lipinski definition) is 7. The number of ether oxygens (including phenoxy) is 4. The van der Waals surface area contributed by atoms with Gasteiger partial charge in [0.05, 0.1) is 12.2 Å². The molecule has 4 bridgehead atoms. The number of allylic oxidation sites excluding steroid dienone is 3. The van der Waals surface area contributed by atoms with E-state index < -0.39 is 42.2 Å². The fourth-order valence-electron chi connectivity index (χ4n) is 7.44. The van der Waals surface area contributed by atoms with Crippen LogP contribution in [0.15, 0.2) is 58.3 Å². The van der Waals surface area contributed by atoms with Gasteiger partial charge in [-0.05, 0) is 38.3 Å². The van der Waals surface area contributed by atoms with Gasteiger partial charge in [-0.2, -0.15) is 0 Å². The first kappa shape index (κ1) is 27.8. The average Bonchev–Trinajstić information content (AvgIpc) is 3.38. The van der Waals surface area contributed by atoms with E-state index in [2.05, 4.69) is 40.7 Å². The molecule has 12 atom stereocenters. The van der Waals surface area contributed by atoms with Crippen molar-refractivity contribution < 1.29 is 34.0 Å². The van der Waals surface area contributed by atoms with E-state index in [0.717, 1.165) is 10.1 Å². The Morgan fingerprint density at radius 2 is 2.05 bits per heavy atom. The summed E-state index contributed by atoms with van der Waals surface area (Å²) in [5.74, 6) is -0.817. The van der Waals surface area contributed by atoms with Crippen LogP contribution in [0.4, 0.5) is 0 Å². The molecular formula is C30H39BrO7. The van der Waals surface area contributed by atoms with Crippen LogP contribution < -0.4 is 0 Å². The molecule has 7 nitrogen and oxygen atoms in total. The van der Waals surface area contributed by atoms with Crippen LogP contribution in [0, 0.1) is 29.6 Å². The molecule has 0 aromatic rings. The van der Waals surface area contributed by atoms with Crippen molar-refractivity contribution in [3.8, 4) is 0 Å². The van der Waals surface area contributed by atoms with Crippen molar-refractivity contribution in [2.45, 2.75) is 82.8 Å². The van der Waals surface area contributed by atoms with Crippen LogP contribution in [-0.2, 0) is 23.7 Å². The lowest BCUT2D eigenvalue weighted by molar-refractivity contribution is -0.165. The summed E-state index contributed by atoms with van der Waals surface area (Å²) in [5, 5.41) is 22.3. The minimum absolute atomic E-state index is 0.104. The summed E-state index contributed by atoms with van der Waals surface area (Å²) < 4.78 is 26.0. The summed E-state index contributed by atoms with van der Waals surface area (Å²) in [6, 6.07) is 0. The van der Waals surface area contributed by atoms with Crippen LogP contribution in [-0.4, -0.2) is 65.5 Å². The molecule has 208 valence electrons. The highest BCUT2D eigenvalue weighted by atomic mass is 79.9. The van der Waals surface area contributed by atoms with Crippen LogP contribution in [0.5, 0.6) is 0 Å². The molecule has 8 heteroatoms. The van der Waals surface area contributed by atoms with Gasteiger partial charge in [0.2, 0.25) is 0 Å². The van der Waals surface area contributed by atoms with Gasteiger partial charge in [-0.25, -0.2) is 4.79 Å². The monoisotopic (exact) mass is 590 g/mol. The van der Waals surface area contributed by atoms with Gasteiger partial charge >= 0.3 is 5.97 Å². The number of hydrogen-bond donors (Lipinski definition) is 2. The number of rotatable bonds is 4. The Kier molecular flexibility index (Phi) is 7.59. The van der Waals surface area contributed by atoms with Crippen LogP contribution in [0.2, 0.25) is 0 Å². The van der Waals surface area contributed by atoms with Gasteiger partial charge in [0.1, 0.15) is 35.8 Å². The molecule has 2 N–H and O–H groups in total. The zero-order chi connectivity index (χ0) is 27.5. The summed E-state index contributed by atoms with van der Waals surface area (Å²) >= 11 is 3.42. The van der Waals surface area contributed by atoms with E-state index in [1.54, 1.807) is 20.1 Å². The van der Waals surface area contributed by atoms with Gasteiger partial charge in [0.15, 0.2) is 0 Å². The molecule has 0 aromatic heterocycles. The first-order chi connectivity index (χ1) is 18.0. The highest BCUT2D eigenvalue weighted by Gasteiger charge is 2.69. The topological polar surface area (TPSA) is 94.5 Å². The van der Waals surface area contributed by atoms with Crippen LogP contribution in [0.1, 0.15) is 40.5 Å². The van der Waals surface area contributed by atoms with Crippen LogP contribution in [0.25, 0.3) is 0 Å². The Bertz CT molecular complexity index is 1110. The van der Waals surface area contributed by atoms with Crippen molar-refractivity contribution in [3.05, 3.63) is 58.3 Å². The number of methoxy groups -OCH3 is 1. The molecular weight excluding hydrogens is 552 g/mol. The molecule has 5 rings (SSSR count). The van der Waals surface area contributed by atoms with Crippen molar-refractivity contribution >= 4 is 21.9 Å². The Morgan fingerprint density at radius 3 is 2.68 bits per heavy atom. The molecule has 2 aliphatic heterocycles. The zero-order valence-corrected chi connectivity index (χ0v) is 24.3. The second-order valence-corrected chi connectivity index (χ2v) is 12.5. The van der Waals surface area contributed by atoms with E-state index in [-0.39, 0.29) is 35.6 Å². The molecule has 0 unspecified atom stereocenters. The lowest BCUT2D eigenvalue weighted by Crippen LogP contribution is -2.57. The highest BCUT2D eigenvalue weighted by Crippen LogP contribution is 2.61. The minimum Gasteiger partial charge on any atom is -0.489 e. The van der Waals surface area contributed by atoms with Crippen LogP contribution >= 0.6 is 15.9 Å². The second kappa shape index (κ2) is 10.4. The van der Waals surface area contributed by atoms with Gasteiger partial charge < -0.3 is 29.2 Å². The molecule has 0 amide bonds. The van der Waals surface area contributed by atoms with Gasteiger partial charge in [-0.3, -0.25) is 0 Å². The van der Waals surface area contributed by atoms with Gasteiger partial charge in [0.25, 0.3) is 0 Å². The Hall–Kier alpha value is -1.71. The summed E-state index contributed by atoms with van der Waals surface area (Å²) in [6.07, 6.45) is 7.76. The third-order valence-corrected chi connectivity index (χ3v) is 9.89. The van der Waals surface area contributed by atoms with Gasteiger partial charge in [-0.15, -0.1) is 0 Å². The fraction of sp³-hybridized carbons (Fsp3) is 0.633. The molecule has 3 aliphatic carbocycles. The summed E-state index contributed by atoms with van der Waals surface area (Å²) in [6.45, 7) is 11.8. The minimum atomic E-state index is -0.817. The fourth-order valence-corrected chi connectivity index (χ4v) is 7.88. The largest absolute Gasteiger partial charge is 0.489 e. The first-order valence-corrected chi connectivity index (χ1v) is 14.4. The standard InChI is InChI=1S/C30H39BrO7/c1-14-11-15(2)30-20(13-23(35-6)18(5)36-26(14)17(4)32)8-10-22-24(30)25(33)16(3)27(28(22)38-30)37-29(34)19-7-9-21(31)12-19/h8-12,14,16-17,20,22-28,32-33H,5,7,13H2,1-4,6H3/b15-11+/t14-,16-,17-,20-,22-,23+,24+,25-,26+,27-,28-,30+/m1/s1. The number of aliphatic hydroxyl groups excluding tert-OH is 2. The second-order valence-electron chi connectivity index (χ2n) is 11.6. The summed E-state index contributed by atoms with van der Waals surface area (Å²) in [5.41, 5.74) is 0.753. The predicted molar refractivity (Wildman–Crippen MR) is 146 cm³/mol. The number of halogens is 1. The van der Waals surface area contributed by atoms with E-state index in [9.17, 15) is 15.0 Å². The van der Waals surface area contributed by atoms with E-state index in [1.165, 1.54) is 0 Å². The Labute approximate surface area is 233 Å². The molecule has 5 aliphatic rings. The van der Waals surface area contributed by atoms with E-state index in [4.69, 9.17) is 18.9 Å². The third kappa shape index (κ3) is 4.37. The van der Waals surface area contributed by atoms with Crippen molar-refractivity contribution in [3.63, 3.8) is 0 Å². The molecule has 1 saturated heterocycles. The number of carbonyl (C=O) groups excluding carboxylic acids is 1. The number of carbonyl (C=O) groups is 1. The quantitative estimate of drug-likeness (QED) is 0.371. The number of esters is 1. The Morgan fingerprint density at radius 1 is 1.32 bits per heavy atom. The molecule has 1 saturated carbocycles. The maximum Gasteiger partial charge on any atom is 0.334 e. The third-order valence-electron chi connectivity index (χ3n) is 9.34. The molecule has 1 spiro atoms. The molecule has 0 aromatic carbocycles. The highest BCUT2D eigenvalue weighted by molar-refractivity contribution is 9.11. The average molecular weight is 592 g/mol. The van der Waals surface area contributed by atoms with Crippen molar-refractivity contribution in [2.24, 2.45) is 29.6 Å². The first-order valence-electron chi connectivity index (χ1n) is 13.6. The predicted octanol–water partition coefficient (Wildman–Crippen LogP) is 4.35. The van der Waals surface area contributed by atoms with Crippen molar-refractivity contribution in [1.29, 1.82) is 0 Å². The van der Waals surface area contributed by atoms with E-state index in [0.29, 0.717) is 24.2 Å². The van der Waals surface area contributed by atoms with Crippen molar-refractivity contribution in [1.82, 2.24) is 0 Å². The summed E-state index contributed by atoms with van der Waals surface area (Å²) in [7, 11) is 1.63. The Balaban J connectivity index is 1.55. The molecule has 2 fully saturated rings. The maximum atomic E-state index is 13.1. The zero-order valence-electron chi connectivity index (χ0n) is 22.7. The van der Waals surface area contributed by atoms with E-state index >= 15 is 0 Å². The molecule has 2 heterocycles. The lowest BCUT2D eigenvalue weighted by Gasteiger charge is -2.49. The normalized spacial score (nSPS) is 46.2. The molecule has 38 heavy (non-hydrogen) atoms. The van der Waals surface area contributed by atoms with Crippen LogP contribution in [0.3, 0.4) is 0 Å². The summed E-state index contributed by atoms with van der Waals surface area (Å²) in [4.78, 5) is 13.1. The van der Waals surface area contributed by atoms with Gasteiger partial charge in [0, 0.05) is 46.8 Å². The SMILES string of the molecule is C=C1O[C@H]([C@@H](C)O)[C@H](C)/C=C(\C)[C@]23O[C@@H]4[C@H](C=C[C@@H]2C[C@@H]1OC)[C@H]3[C@H](O)[C@@H](C)[C@H]4OC(=O)C1=CC(Br)=CC1. The van der Waals surface area contributed by atoms with Crippen molar-refractivity contribution in [2.75, 3.05) is 7.11 Å². The van der Waals surface area contributed by atoms with Gasteiger partial charge in [-0.1, -0.05) is 60.7 Å².